The third kappa shape index (κ3) is 2.45. The molecule has 0 bridgehead atoms. The minimum atomic E-state index is 0.684. The molecule has 1 saturated carbocycles. The Morgan fingerprint density at radius 3 is 3.06 bits per heavy atom. The van der Waals surface area contributed by atoms with E-state index in [1.54, 1.807) is 0 Å². The number of hydrogen-bond acceptors (Lipinski definition) is 2. The van der Waals surface area contributed by atoms with Crippen molar-refractivity contribution in [3.63, 3.8) is 0 Å². The van der Waals surface area contributed by atoms with Crippen molar-refractivity contribution in [3.8, 4) is 0 Å². The highest BCUT2D eigenvalue weighted by Gasteiger charge is 2.14. The Hall–Kier alpha value is -1.06. The van der Waals surface area contributed by atoms with Crippen molar-refractivity contribution >= 4 is 17.2 Å². The van der Waals surface area contributed by atoms with E-state index in [-0.39, 0.29) is 0 Å². The Kier molecular flexibility index (Phi) is 3.04. The Morgan fingerprint density at radius 1 is 1.41 bits per heavy atom. The van der Waals surface area contributed by atoms with Crippen molar-refractivity contribution in [2.75, 3.05) is 0 Å². The van der Waals surface area contributed by atoms with Crippen molar-refractivity contribution in [2.24, 2.45) is 0 Å². The molecule has 3 rings (SSSR count). The first-order valence-corrected chi connectivity index (χ1v) is 6.55. The molecular weight excluding hydrogens is 234 g/mol. The average molecular weight is 250 g/mol. The van der Waals surface area contributed by atoms with Gasteiger partial charge in [0.25, 0.3) is 0 Å². The average Bonchev–Trinajstić information content (AvgIpc) is 2.94. The van der Waals surface area contributed by atoms with Crippen molar-refractivity contribution in [2.45, 2.75) is 38.3 Å². The van der Waals surface area contributed by atoms with Gasteiger partial charge in [-0.05, 0) is 25.0 Å². The molecule has 0 aliphatic heterocycles. The van der Waals surface area contributed by atoms with Crippen LogP contribution in [0.1, 0.15) is 31.4 Å². The van der Waals surface area contributed by atoms with Crippen molar-refractivity contribution in [1.29, 1.82) is 0 Å². The second-order valence-electron chi connectivity index (χ2n) is 4.70. The van der Waals surface area contributed by atoms with Crippen LogP contribution in [-0.2, 0) is 6.54 Å². The lowest BCUT2D eigenvalue weighted by molar-refractivity contribution is 0.520. The summed E-state index contributed by atoms with van der Waals surface area (Å²) in [6.45, 7) is 0.851. The summed E-state index contributed by atoms with van der Waals surface area (Å²) in [6.07, 6.45) is 9.34. The van der Waals surface area contributed by atoms with Crippen LogP contribution < -0.4 is 5.32 Å². The molecule has 1 fully saturated rings. The predicted octanol–water partition coefficient (Wildman–Crippen LogP) is 3.02. The zero-order valence-corrected chi connectivity index (χ0v) is 10.5. The summed E-state index contributed by atoms with van der Waals surface area (Å²) in [5.41, 5.74) is 2.00. The first-order valence-electron chi connectivity index (χ1n) is 6.18. The fourth-order valence-electron chi connectivity index (χ4n) is 2.47. The van der Waals surface area contributed by atoms with Gasteiger partial charge in [-0.1, -0.05) is 24.4 Å². The zero-order valence-electron chi connectivity index (χ0n) is 9.69. The lowest BCUT2D eigenvalue weighted by Gasteiger charge is -2.09. The minimum Gasteiger partial charge on any atom is -0.308 e. The minimum absolute atomic E-state index is 0.684. The topological polar surface area (TPSA) is 29.3 Å². The van der Waals surface area contributed by atoms with Gasteiger partial charge < -0.3 is 9.72 Å². The van der Waals surface area contributed by atoms with Gasteiger partial charge >= 0.3 is 0 Å². The number of nitrogens with zero attached hydrogens (tertiary/aromatic N) is 2. The molecule has 4 heteroatoms. The quantitative estimate of drug-likeness (QED) is 0.906. The van der Waals surface area contributed by atoms with Gasteiger partial charge in [0, 0.05) is 30.0 Å². The number of hydrogen-bond donors (Lipinski definition) is 1. The molecule has 1 aliphatic carbocycles. The molecule has 0 spiro atoms. The summed E-state index contributed by atoms with van der Waals surface area (Å²) < 4.78 is 2.01. The molecule has 90 valence electrons. The number of aromatic nitrogens is 2. The Bertz CT molecular complexity index is 514. The van der Waals surface area contributed by atoms with E-state index in [0.29, 0.717) is 6.04 Å². The van der Waals surface area contributed by atoms with Crippen LogP contribution >= 0.6 is 11.6 Å². The molecule has 1 aliphatic rings. The highest BCUT2D eigenvalue weighted by molar-refractivity contribution is 6.30. The monoisotopic (exact) mass is 249 g/mol. The summed E-state index contributed by atoms with van der Waals surface area (Å²) >= 11 is 5.94. The van der Waals surface area contributed by atoms with Gasteiger partial charge in [0.2, 0.25) is 0 Å². The third-order valence-corrected chi connectivity index (χ3v) is 3.63. The molecule has 0 radical (unpaired) electrons. The van der Waals surface area contributed by atoms with Crippen LogP contribution in [-0.4, -0.2) is 15.4 Å². The van der Waals surface area contributed by atoms with Crippen LogP contribution in [0.2, 0.25) is 5.02 Å². The fraction of sp³-hybridized carbons (Fsp3) is 0.462. The highest BCUT2D eigenvalue weighted by atomic mass is 35.5. The highest BCUT2D eigenvalue weighted by Crippen LogP contribution is 2.18. The molecule has 2 aromatic heterocycles. The van der Waals surface area contributed by atoms with E-state index in [1.807, 2.05) is 22.7 Å². The van der Waals surface area contributed by atoms with Crippen LogP contribution in [0.15, 0.2) is 24.5 Å². The van der Waals surface area contributed by atoms with Crippen LogP contribution in [0.4, 0.5) is 0 Å². The van der Waals surface area contributed by atoms with E-state index in [2.05, 4.69) is 16.5 Å². The lowest BCUT2D eigenvalue weighted by Crippen LogP contribution is -2.25. The fourth-order valence-corrected chi connectivity index (χ4v) is 2.63. The molecule has 17 heavy (non-hydrogen) atoms. The molecule has 0 amide bonds. The van der Waals surface area contributed by atoms with E-state index in [4.69, 9.17) is 11.6 Å². The van der Waals surface area contributed by atoms with Crippen molar-refractivity contribution < 1.29 is 0 Å². The Balaban J connectivity index is 1.72. The predicted molar refractivity (Wildman–Crippen MR) is 69.3 cm³/mol. The largest absolute Gasteiger partial charge is 0.308 e. The van der Waals surface area contributed by atoms with Crippen LogP contribution in [0.5, 0.6) is 0 Å². The van der Waals surface area contributed by atoms with Gasteiger partial charge in [-0.2, -0.15) is 0 Å². The second-order valence-corrected chi connectivity index (χ2v) is 5.14. The molecule has 1 N–H and O–H groups in total. The number of nitrogens with one attached hydrogen (secondary N) is 1. The van der Waals surface area contributed by atoms with Gasteiger partial charge in [0.1, 0.15) is 5.65 Å². The van der Waals surface area contributed by atoms with Crippen LogP contribution in [0.25, 0.3) is 5.65 Å². The van der Waals surface area contributed by atoms with Crippen molar-refractivity contribution in [3.05, 3.63) is 35.2 Å². The summed E-state index contributed by atoms with van der Waals surface area (Å²) in [4.78, 5) is 4.55. The van der Waals surface area contributed by atoms with Gasteiger partial charge in [-0.25, -0.2) is 4.98 Å². The van der Waals surface area contributed by atoms with Crippen LogP contribution in [0.3, 0.4) is 0 Å². The molecule has 0 atom stereocenters. The first-order chi connectivity index (χ1) is 8.31. The summed E-state index contributed by atoms with van der Waals surface area (Å²) in [6, 6.07) is 4.45. The van der Waals surface area contributed by atoms with E-state index in [0.717, 1.165) is 22.9 Å². The number of rotatable bonds is 3. The number of fused-ring (bicyclic) bond motifs is 1. The van der Waals surface area contributed by atoms with Gasteiger partial charge in [0.15, 0.2) is 0 Å². The summed E-state index contributed by atoms with van der Waals surface area (Å²) in [5.74, 6) is 0. The number of imidazole rings is 1. The molecule has 2 heterocycles. The van der Waals surface area contributed by atoms with Crippen LogP contribution in [0, 0.1) is 0 Å². The third-order valence-electron chi connectivity index (χ3n) is 3.40. The smallest absolute Gasteiger partial charge is 0.138 e. The maximum atomic E-state index is 5.94. The standard InChI is InChI=1S/C13H16ClN3/c14-10-5-6-17-9-12(16-13(17)7-10)8-15-11-3-1-2-4-11/h5-7,9,11,15H,1-4,8H2. The van der Waals surface area contributed by atoms with Crippen molar-refractivity contribution in [1.82, 2.24) is 14.7 Å². The van der Waals surface area contributed by atoms with Gasteiger partial charge in [-0.3, -0.25) is 0 Å². The molecule has 0 aromatic carbocycles. The first kappa shape index (κ1) is 11.1. The second kappa shape index (κ2) is 4.67. The zero-order chi connectivity index (χ0) is 11.7. The molecule has 0 unspecified atom stereocenters. The van der Waals surface area contributed by atoms with E-state index >= 15 is 0 Å². The van der Waals surface area contributed by atoms with E-state index < -0.39 is 0 Å². The lowest BCUT2D eigenvalue weighted by atomic mass is 10.2. The Morgan fingerprint density at radius 2 is 2.24 bits per heavy atom. The molecular formula is C13H16ClN3. The molecule has 3 nitrogen and oxygen atoms in total. The van der Waals surface area contributed by atoms with E-state index in [9.17, 15) is 0 Å². The number of pyridine rings is 1. The number of halogens is 1. The SMILES string of the molecule is Clc1ccn2cc(CNC3CCCC3)nc2c1. The molecule has 0 saturated heterocycles. The molecule has 2 aromatic rings. The maximum Gasteiger partial charge on any atom is 0.138 e. The Labute approximate surface area is 106 Å². The summed E-state index contributed by atoms with van der Waals surface area (Å²) in [5, 5.41) is 4.30. The van der Waals surface area contributed by atoms with Gasteiger partial charge in [-0.15, -0.1) is 0 Å². The summed E-state index contributed by atoms with van der Waals surface area (Å²) in [7, 11) is 0. The normalized spacial score (nSPS) is 17.0. The maximum absolute atomic E-state index is 5.94. The van der Waals surface area contributed by atoms with Gasteiger partial charge in [0.05, 0.1) is 5.69 Å². The van der Waals surface area contributed by atoms with E-state index in [1.165, 1.54) is 25.7 Å².